The molecule has 1 aliphatic rings. The highest BCUT2D eigenvalue weighted by Crippen LogP contribution is 2.29. The average Bonchev–Trinajstić information content (AvgIpc) is 3.14. The first-order valence-corrected chi connectivity index (χ1v) is 12.3. The molecule has 1 aromatic heterocycles. The Labute approximate surface area is 179 Å². The zero-order chi connectivity index (χ0) is 21.1. The highest BCUT2D eigenvalue weighted by Gasteiger charge is 2.27. The fourth-order valence-electron chi connectivity index (χ4n) is 3.43. The summed E-state index contributed by atoms with van der Waals surface area (Å²) in [6, 6.07) is 13.8. The maximum atomic E-state index is 13.0. The molecule has 0 radical (unpaired) electrons. The maximum Gasteiger partial charge on any atom is 0.291 e. The largest absolute Gasteiger partial charge is 0.451 e. The summed E-state index contributed by atoms with van der Waals surface area (Å²) in [7, 11) is -3.65. The first-order chi connectivity index (χ1) is 14.5. The normalized spacial score (nSPS) is 15.4. The van der Waals surface area contributed by atoms with Crippen LogP contribution < -0.4 is 5.32 Å². The number of fused-ring (bicyclic) bond motifs is 1. The minimum Gasteiger partial charge on any atom is -0.451 e. The topological polar surface area (TPSA) is 88.9 Å². The Morgan fingerprint density at radius 3 is 2.67 bits per heavy atom. The van der Waals surface area contributed by atoms with E-state index in [4.69, 9.17) is 9.15 Å². The molecular weight excluding hydrogens is 424 g/mol. The van der Waals surface area contributed by atoms with Gasteiger partial charge in [-0.05, 0) is 30.5 Å². The molecule has 1 N–H and O–H groups in total. The summed E-state index contributed by atoms with van der Waals surface area (Å²) in [5.41, 5.74) is 1.87. The predicted molar refractivity (Wildman–Crippen MR) is 117 cm³/mol. The van der Waals surface area contributed by atoms with E-state index in [1.807, 2.05) is 30.5 Å². The molecule has 0 aliphatic carbocycles. The Bertz CT molecular complexity index is 1170. The molecule has 9 heteroatoms. The number of anilines is 1. The van der Waals surface area contributed by atoms with E-state index >= 15 is 0 Å². The number of furan rings is 1. The Kier molecular flexibility index (Phi) is 6.14. The molecular formula is C21H22N2O5S2. The molecule has 2 heterocycles. The third-order valence-electron chi connectivity index (χ3n) is 4.89. The van der Waals surface area contributed by atoms with Crippen LogP contribution in [0.4, 0.5) is 5.69 Å². The molecule has 0 bridgehead atoms. The Balaban J connectivity index is 1.61. The van der Waals surface area contributed by atoms with Gasteiger partial charge in [-0.25, -0.2) is 8.42 Å². The molecule has 2 aromatic carbocycles. The summed E-state index contributed by atoms with van der Waals surface area (Å²) in [6.07, 6.45) is 1.96. The molecule has 1 saturated heterocycles. The number of sulfonamides is 1. The van der Waals surface area contributed by atoms with Gasteiger partial charge in [0.15, 0.2) is 5.76 Å². The smallest absolute Gasteiger partial charge is 0.291 e. The van der Waals surface area contributed by atoms with Crippen LogP contribution in [0.2, 0.25) is 0 Å². The molecule has 0 spiro atoms. The summed E-state index contributed by atoms with van der Waals surface area (Å²) in [4.78, 5) is 13.1. The number of hydrogen-bond acceptors (Lipinski definition) is 6. The monoisotopic (exact) mass is 446 g/mol. The van der Waals surface area contributed by atoms with Gasteiger partial charge >= 0.3 is 0 Å². The third-order valence-corrected chi connectivity index (χ3v) is 7.36. The van der Waals surface area contributed by atoms with Crippen molar-refractivity contribution in [2.45, 2.75) is 10.6 Å². The van der Waals surface area contributed by atoms with Crippen molar-refractivity contribution in [3.63, 3.8) is 0 Å². The molecule has 7 nitrogen and oxygen atoms in total. The molecule has 0 unspecified atom stereocenters. The van der Waals surface area contributed by atoms with E-state index < -0.39 is 15.9 Å². The van der Waals surface area contributed by atoms with E-state index in [0.717, 1.165) is 10.9 Å². The van der Waals surface area contributed by atoms with Gasteiger partial charge in [0.05, 0.1) is 18.1 Å². The molecule has 158 valence electrons. The van der Waals surface area contributed by atoms with Gasteiger partial charge in [-0.15, -0.1) is 0 Å². The summed E-state index contributed by atoms with van der Waals surface area (Å²) < 4.78 is 38.2. The number of rotatable bonds is 6. The fraction of sp³-hybridized carbons (Fsp3) is 0.286. The van der Waals surface area contributed by atoms with Gasteiger partial charge in [0, 0.05) is 35.5 Å². The molecule has 1 aliphatic heterocycles. The van der Waals surface area contributed by atoms with Crippen molar-refractivity contribution in [1.82, 2.24) is 4.31 Å². The van der Waals surface area contributed by atoms with Gasteiger partial charge in [0.25, 0.3) is 5.91 Å². The van der Waals surface area contributed by atoms with Crippen molar-refractivity contribution in [2.24, 2.45) is 0 Å². The zero-order valence-electron chi connectivity index (χ0n) is 16.5. The summed E-state index contributed by atoms with van der Waals surface area (Å²) in [6.45, 7) is 1.38. The highest BCUT2D eigenvalue weighted by atomic mass is 32.2. The van der Waals surface area contributed by atoms with Crippen LogP contribution in [0.3, 0.4) is 0 Å². The van der Waals surface area contributed by atoms with Gasteiger partial charge in [0.2, 0.25) is 10.0 Å². The number of para-hydroxylation sites is 1. The van der Waals surface area contributed by atoms with Gasteiger partial charge in [0.1, 0.15) is 5.58 Å². The molecule has 1 amide bonds. The van der Waals surface area contributed by atoms with E-state index in [-0.39, 0.29) is 10.7 Å². The first-order valence-electron chi connectivity index (χ1n) is 9.49. The lowest BCUT2D eigenvalue weighted by atomic mass is 10.1. The lowest BCUT2D eigenvalue weighted by Crippen LogP contribution is -2.40. The number of carbonyl (C=O) groups excluding carboxylic acids is 1. The van der Waals surface area contributed by atoms with Gasteiger partial charge in [-0.1, -0.05) is 24.3 Å². The lowest BCUT2D eigenvalue weighted by Gasteiger charge is -2.26. The molecule has 0 saturated carbocycles. The number of ether oxygens (including phenoxy) is 1. The Hall–Kier alpha value is -2.33. The minimum absolute atomic E-state index is 0.135. The molecule has 3 aromatic rings. The number of nitrogens with one attached hydrogen (secondary N) is 1. The number of amides is 1. The van der Waals surface area contributed by atoms with E-state index in [1.54, 1.807) is 23.9 Å². The van der Waals surface area contributed by atoms with E-state index in [0.29, 0.717) is 43.3 Å². The van der Waals surface area contributed by atoms with Crippen molar-refractivity contribution >= 4 is 44.3 Å². The Morgan fingerprint density at radius 1 is 1.13 bits per heavy atom. The number of morpholine rings is 1. The zero-order valence-corrected chi connectivity index (χ0v) is 18.1. The summed E-state index contributed by atoms with van der Waals surface area (Å²) in [5.74, 6) is 0.466. The molecule has 4 rings (SSSR count). The van der Waals surface area contributed by atoms with Crippen LogP contribution in [-0.4, -0.2) is 51.2 Å². The number of hydrogen-bond donors (Lipinski definition) is 1. The second-order valence-corrected chi connectivity index (χ2v) is 9.64. The summed E-state index contributed by atoms with van der Waals surface area (Å²) >= 11 is 1.60. The van der Waals surface area contributed by atoms with Crippen molar-refractivity contribution in [3.05, 3.63) is 59.9 Å². The average molecular weight is 447 g/mol. The number of carbonyl (C=O) groups is 1. The van der Waals surface area contributed by atoms with E-state index in [2.05, 4.69) is 5.32 Å². The highest BCUT2D eigenvalue weighted by molar-refractivity contribution is 7.97. The predicted octanol–water partition coefficient (Wildman–Crippen LogP) is 3.57. The van der Waals surface area contributed by atoms with Crippen LogP contribution in [0.15, 0.2) is 57.8 Å². The SMILES string of the molecule is CSCc1c(C(=O)Nc2cccc(S(=O)(=O)N3CCOCC3)c2)oc2ccccc12. The summed E-state index contributed by atoms with van der Waals surface area (Å²) in [5, 5.41) is 3.69. The van der Waals surface area contributed by atoms with Crippen molar-refractivity contribution in [1.29, 1.82) is 0 Å². The van der Waals surface area contributed by atoms with Crippen LogP contribution in [-0.2, 0) is 20.5 Å². The van der Waals surface area contributed by atoms with Crippen molar-refractivity contribution < 1.29 is 22.4 Å². The van der Waals surface area contributed by atoms with E-state index in [9.17, 15) is 13.2 Å². The second kappa shape index (κ2) is 8.81. The van der Waals surface area contributed by atoms with Crippen LogP contribution >= 0.6 is 11.8 Å². The number of thioether (sulfide) groups is 1. The van der Waals surface area contributed by atoms with Gasteiger partial charge in [-0.3, -0.25) is 4.79 Å². The number of benzene rings is 2. The fourth-order valence-corrected chi connectivity index (χ4v) is 5.46. The van der Waals surface area contributed by atoms with Crippen LogP contribution in [0.5, 0.6) is 0 Å². The van der Waals surface area contributed by atoms with Gasteiger partial charge in [-0.2, -0.15) is 16.1 Å². The van der Waals surface area contributed by atoms with Crippen molar-refractivity contribution in [3.8, 4) is 0 Å². The minimum atomic E-state index is -3.65. The molecule has 0 atom stereocenters. The lowest BCUT2D eigenvalue weighted by molar-refractivity contribution is 0.0730. The maximum absolute atomic E-state index is 13.0. The standard InChI is InChI=1S/C21H22N2O5S2/c1-29-14-18-17-7-2-3-8-19(17)28-20(18)21(24)22-15-5-4-6-16(13-15)30(25,26)23-9-11-27-12-10-23/h2-8,13H,9-12,14H2,1H3,(H,22,24). The number of nitrogens with zero attached hydrogens (tertiary/aromatic N) is 1. The van der Waals surface area contributed by atoms with Gasteiger partial charge < -0.3 is 14.5 Å². The van der Waals surface area contributed by atoms with E-state index in [1.165, 1.54) is 16.4 Å². The quantitative estimate of drug-likeness (QED) is 0.623. The second-order valence-electron chi connectivity index (χ2n) is 6.84. The van der Waals surface area contributed by atoms with Crippen LogP contribution in [0.1, 0.15) is 16.1 Å². The third kappa shape index (κ3) is 4.11. The molecule has 1 fully saturated rings. The van der Waals surface area contributed by atoms with Crippen molar-refractivity contribution in [2.75, 3.05) is 37.9 Å². The van der Waals surface area contributed by atoms with Crippen LogP contribution in [0.25, 0.3) is 11.0 Å². The van der Waals surface area contributed by atoms with Crippen LogP contribution in [0, 0.1) is 0 Å². The molecule has 30 heavy (non-hydrogen) atoms. The first kappa shape index (κ1) is 20.9. The Morgan fingerprint density at radius 2 is 1.90 bits per heavy atom.